The van der Waals surface area contributed by atoms with E-state index in [1.54, 1.807) is 6.07 Å². The molecule has 2 rings (SSSR count). The number of hydrogen-bond acceptors (Lipinski definition) is 4. The van der Waals surface area contributed by atoms with Crippen molar-refractivity contribution in [3.8, 4) is 5.75 Å². The molecule has 1 heterocycles. The fraction of sp³-hybridized carbons (Fsp3) is 0. The van der Waals surface area contributed by atoms with E-state index >= 15 is 0 Å². The number of rotatable bonds is 3. The number of pyridine rings is 1. The Hall–Kier alpha value is -2.47. The van der Waals surface area contributed by atoms with E-state index in [2.05, 4.69) is 20.8 Å². The third-order valence-electron chi connectivity index (χ3n) is 2.17. The molecule has 2 aromatic rings. The molecule has 0 fully saturated rings. The highest BCUT2D eigenvalue weighted by Gasteiger charge is 1.94. The number of para-hydroxylation sites is 1. The fourth-order valence-electron chi connectivity index (χ4n) is 1.31. The molecule has 5 nitrogen and oxygen atoms in total. The van der Waals surface area contributed by atoms with Crippen molar-refractivity contribution in [1.82, 2.24) is 10.4 Å². The number of nitrogens with one attached hydrogen (secondary N) is 2. The number of benzene rings is 1. The van der Waals surface area contributed by atoms with Gasteiger partial charge in [-0.25, -0.2) is 0 Å². The Labute approximate surface area is 116 Å². The first-order chi connectivity index (χ1) is 9.24. The van der Waals surface area contributed by atoms with Crippen molar-refractivity contribution in [3.63, 3.8) is 0 Å². The Morgan fingerprint density at radius 3 is 2.68 bits per heavy atom. The van der Waals surface area contributed by atoms with Gasteiger partial charge in [0.05, 0.1) is 18.1 Å². The van der Waals surface area contributed by atoms with Gasteiger partial charge in [-0.15, -0.1) is 0 Å². The number of aromatic hydroxyl groups is 1. The minimum absolute atomic E-state index is 0.117. The second kappa shape index (κ2) is 6.46. The van der Waals surface area contributed by atoms with Crippen LogP contribution in [0.25, 0.3) is 0 Å². The first-order valence-corrected chi connectivity index (χ1v) is 5.95. The van der Waals surface area contributed by atoms with E-state index < -0.39 is 0 Å². The van der Waals surface area contributed by atoms with Crippen LogP contribution in [0.5, 0.6) is 5.75 Å². The predicted molar refractivity (Wildman–Crippen MR) is 79.3 cm³/mol. The van der Waals surface area contributed by atoms with Crippen LogP contribution in [0.4, 0.5) is 5.69 Å². The highest BCUT2D eigenvalue weighted by molar-refractivity contribution is 7.80. The zero-order chi connectivity index (χ0) is 13.5. The average molecular weight is 272 g/mol. The van der Waals surface area contributed by atoms with Crippen LogP contribution in [0.15, 0.2) is 53.8 Å². The summed E-state index contributed by atoms with van der Waals surface area (Å²) < 4.78 is 0. The number of thiocarbonyl (C=S) groups is 1. The van der Waals surface area contributed by atoms with Gasteiger partial charge in [0.2, 0.25) is 0 Å². The average Bonchev–Trinajstić information content (AvgIpc) is 2.42. The van der Waals surface area contributed by atoms with E-state index in [9.17, 15) is 0 Å². The molecule has 1 aromatic carbocycles. The summed E-state index contributed by atoms with van der Waals surface area (Å²) >= 11 is 5.08. The largest absolute Gasteiger partial charge is 0.506 e. The highest BCUT2D eigenvalue weighted by Crippen LogP contribution is 2.05. The van der Waals surface area contributed by atoms with Gasteiger partial charge in [-0.1, -0.05) is 18.2 Å². The molecule has 0 aliphatic heterocycles. The Morgan fingerprint density at radius 1 is 1.21 bits per heavy atom. The highest BCUT2D eigenvalue weighted by atomic mass is 32.1. The summed E-state index contributed by atoms with van der Waals surface area (Å²) in [5.74, 6) is 0.117. The maximum atomic E-state index is 9.08. The number of nitrogens with zero attached hydrogens (tertiary/aromatic N) is 2. The van der Waals surface area contributed by atoms with Crippen LogP contribution in [0.1, 0.15) is 5.69 Å². The molecule has 0 saturated carbocycles. The zero-order valence-corrected chi connectivity index (χ0v) is 10.8. The maximum absolute atomic E-state index is 9.08. The number of hydrazone groups is 1. The van der Waals surface area contributed by atoms with E-state index in [1.807, 2.05) is 30.3 Å². The first kappa shape index (κ1) is 13.0. The lowest BCUT2D eigenvalue weighted by molar-refractivity contribution is 0.472. The van der Waals surface area contributed by atoms with Gasteiger partial charge in [0.15, 0.2) is 5.11 Å². The maximum Gasteiger partial charge on any atom is 0.191 e. The lowest BCUT2D eigenvalue weighted by Crippen LogP contribution is -2.23. The van der Waals surface area contributed by atoms with Crippen molar-refractivity contribution in [2.24, 2.45) is 5.10 Å². The molecule has 0 radical (unpaired) electrons. The lowest BCUT2D eigenvalue weighted by Gasteiger charge is -2.05. The molecule has 3 N–H and O–H groups in total. The molecular weight excluding hydrogens is 260 g/mol. The normalized spacial score (nSPS) is 10.3. The summed E-state index contributed by atoms with van der Waals surface area (Å²) in [5, 5.41) is 16.4. The summed E-state index contributed by atoms with van der Waals surface area (Å²) in [6.07, 6.45) is 2.86. The molecule has 0 unspecified atom stereocenters. The van der Waals surface area contributed by atoms with Crippen molar-refractivity contribution >= 4 is 29.2 Å². The molecule has 96 valence electrons. The molecule has 6 heteroatoms. The van der Waals surface area contributed by atoms with Crippen LogP contribution in [0.3, 0.4) is 0 Å². The molecule has 1 aromatic heterocycles. The molecule has 0 saturated heterocycles. The van der Waals surface area contributed by atoms with Crippen LogP contribution >= 0.6 is 12.2 Å². The van der Waals surface area contributed by atoms with Gasteiger partial charge in [0.1, 0.15) is 5.75 Å². The van der Waals surface area contributed by atoms with Gasteiger partial charge in [0.25, 0.3) is 0 Å². The molecule has 19 heavy (non-hydrogen) atoms. The quantitative estimate of drug-likeness (QED) is 0.453. The van der Waals surface area contributed by atoms with E-state index in [0.29, 0.717) is 10.8 Å². The minimum Gasteiger partial charge on any atom is -0.506 e. The summed E-state index contributed by atoms with van der Waals surface area (Å²) in [6.45, 7) is 0. The summed E-state index contributed by atoms with van der Waals surface area (Å²) in [4.78, 5) is 3.96. The molecule has 0 amide bonds. The number of anilines is 1. The Bertz CT molecular complexity index is 569. The third-order valence-corrected chi connectivity index (χ3v) is 2.36. The van der Waals surface area contributed by atoms with Gasteiger partial charge in [0, 0.05) is 5.69 Å². The van der Waals surface area contributed by atoms with Gasteiger partial charge in [-0.3, -0.25) is 10.4 Å². The first-order valence-electron chi connectivity index (χ1n) is 5.54. The standard InChI is InChI=1S/C13H12N4OS/c18-12-7-6-11(14-9-12)8-15-17-13(19)16-10-4-2-1-3-5-10/h1-9,18H,(H2,16,17,19)/b15-8+. The minimum atomic E-state index is 0.117. The number of aromatic nitrogens is 1. The smallest absolute Gasteiger partial charge is 0.191 e. The zero-order valence-electron chi connectivity index (χ0n) is 9.95. The van der Waals surface area contributed by atoms with Crippen LogP contribution in [0, 0.1) is 0 Å². The van der Waals surface area contributed by atoms with Crippen molar-refractivity contribution in [2.75, 3.05) is 5.32 Å². The van der Waals surface area contributed by atoms with Gasteiger partial charge in [-0.2, -0.15) is 5.10 Å². The van der Waals surface area contributed by atoms with Crippen LogP contribution in [-0.4, -0.2) is 21.4 Å². The SMILES string of the molecule is Oc1ccc(/C=N/NC(=S)Nc2ccccc2)nc1. The van der Waals surface area contributed by atoms with E-state index in [-0.39, 0.29) is 5.75 Å². The van der Waals surface area contributed by atoms with Crippen LogP contribution in [0.2, 0.25) is 0 Å². The monoisotopic (exact) mass is 272 g/mol. The van der Waals surface area contributed by atoms with Crippen LogP contribution in [-0.2, 0) is 0 Å². The Morgan fingerprint density at radius 2 is 2.00 bits per heavy atom. The molecule has 0 aliphatic rings. The van der Waals surface area contributed by atoms with E-state index in [0.717, 1.165) is 5.69 Å². The second-order valence-electron chi connectivity index (χ2n) is 3.63. The summed E-state index contributed by atoms with van der Waals surface area (Å²) in [7, 11) is 0. The Balaban J connectivity index is 1.85. The Kier molecular flexibility index (Phi) is 4.41. The molecule has 0 atom stereocenters. The fourth-order valence-corrected chi connectivity index (χ4v) is 1.48. The third kappa shape index (κ3) is 4.36. The van der Waals surface area contributed by atoms with Crippen molar-refractivity contribution in [3.05, 3.63) is 54.4 Å². The molecule has 0 spiro atoms. The van der Waals surface area contributed by atoms with E-state index in [1.165, 1.54) is 18.5 Å². The molecule has 0 aliphatic carbocycles. The van der Waals surface area contributed by atoms with Gasteiger partial charge < -0.3 is 10.4 Å². The van der Waals surface area contributed by atoms with Crippen molar-refractivity contribution in [1.29, 1.82) is 0 Å². The van der Waals surface area contributed by atoms with Gasteiger partial charge >= 0.3 is 0 Å². The van der Waals surface area contributed by atoms with Gasteiger partial charge in [-0.05, 0) is 36.5 Å². The van der Waals surface area contributed by atoms with Crippen molar-refractivity contribution < 1.29 is 5.11 Å². The summed E-state index contributed by atoms with van der Waals surface area (Å²) in [5.41, 5.74) is 4.19. The van der Waals surface area contributed by atoms with E-state index in [4.69, 9.17) is 17.3 Å². The lowest BCUT2D eigenvalue weighted by atomic mass is 10.3. The number of hydrogen-bond donors (Lipinski definition) is 3. The predicted octanol–water partition coefficient (Wildman–Crippen LogP) is 2.11. The topological polar surface area (TPSA) is 69.5 Å². The van der Waals surface area contributed by atoms with Crippen molar-refractivity contribution in [2.45, 2.75) is 0 Å². The molecule has 0 bridgehead atoms. The second-order valence-corrected chi connectivity index (χ2v) is 4.04. The molecular formula is C13H12N4OS. The summed E-state index contributed by atoms with van der Waals surface area (Å²) in [6, 6.07) is 12.7. The van der Waals surface area contributed by atoms with Crippen LogP contribution < -0.4 is 10.7 Å².